The van der Waals surface area contributed by atoms with Gasteiger partial charge in [-0.1, -0.05) is 55.3 Å². The maximum absolute atomic E-state index is 12.3. The molecule has 5 atom stereocenters. The van der Waals surface area contributed by atoms with Gasteiger partial charge in [-0.15, -0.1) is 13.1 Å². The van der Waals surface area contributed by atoms with Crippen molar-refractivity contribution in [1.29, 1.82) is 15.8 Å². The Morgan fingerprint density at radius 1 is 0.552 bits per heavy atom. The number of hydrogen-bond acceptors (Lipinski definition) is 12. The molecule has 12 nitrogen and oxygen atoms in total. The number of nitriles is 3. The summed E-state index contributed by atoms with van der Waals surface area (Å²) in [7, 11) is -8.38. The van der Waals surface area contributed by atoms with Gasteiger partial charge in [-0.25, -0.2) is 12.6 Å². The third-order valence-electron chi connectivity index (χ3n) is 6.63. The van der Waals surface area contributed by atoms with Gasteiger partial charge in [-0.3, -0.25) is 15.0 Å². The van der Waals surface area contributed by atoms with Crippen LogP contribution in [0, 0.1) is 34.4 Å². The molecule has 0 radical (unpaired) electrons. The molecule has 0 bridgehead atoms. The third-order valence-corrected chi connectivity index (χ3v) is 12.0. The van der Waals surface area contributed by atoms with E-state index in [2.05, 4.69) is 28.0 Å². The average molecular weight is 898 g/mol. The second kappa shape index (κ2) is 24.8. The van der Waals surface area contributed by atoms with E-state index < -0.39 is 75.3 Å². The van der Waals surface area contributed by atoms with Crippen LogP contribution in [0.1, 0.15) is 95.3 Å². The van der Waals surface area contributed by atoms with Gasteiger partial charge < -0.3 is 0 Å². The molecule has 0 saturated heterocycles. The highest BCUT2D eigenvalue weighted by Crippen LogP contribution is 2.31. The number of hydrogen-bond donors (Lipinski definition) is 0. The molecule has 24 heteroatoms. The lowest BCUT2D eigenvalue weighted by Crippen LogP contribution is -2.11. The van der Waals surface area contributed by atoms with Crippen LogP contribution in [-0.2, 0) is 53.5 Å². The molecule has 3 aromatic heterocycles. The van der Waals surface area contributed by atoms with Crippen molar-refractivity contribution in [2.24, 2.45) is 13.1 Å². The van der Waals surface area contributed by atoms with E-state index in [1.165, 1.54) is 69.4 Å². The van der Waals surface area contributed by atoms with Gasteiger partial charge in [0.25, 0.3) is 0 Å². The van der Waals surface area contributed by atoms with E-state index >= 15 is 0 Å². The van der Waals surface area contributed by atoms with E-state index in [0.29, 0.717) is 16.7 Å². The zero-order valence-electron chi connectivity index (χ0n) is 27.9. The lowest BCUT2D eigenvalue weighted by molar-refractivity contribution is -0.142. The average Bonchev–Trinajstić information content (AvgIpc) is 3.03. The highest BCUT2D eigenvalue weighted by atomic mass is 32.2. The van der Waals surface area contributed by atoms with Gasteiger partial charge in [0.15, 0.2) is 0 Å². The maximum atomic E-state index is 12.3. The molecule has 0 N–H and O–H groups in total. The molecule has 58 heavy (non-hydrogen) atoms. The third kappa shape index (κ3) is 20.0. The molecular weight excluding hydrogens is 850 g/mol. The molecule has 0 fully saturated rings. The summed E-state index contributed by atoms with van der Waals surface area (Å²) >= 11 is 0. The van der Waals surface area contributed by atoms with E-state index in [1.807, 2.05) is 0 Å². The van der Waals surface area contributed by atoms with Crippen molar-refractivity contribution in [2.45, 2.75) is 85.8 Å². The SMILES string of the molecule is C.C.C.C.C.CC(c1ccc(C(F)(F)F)nc1)S(C)(=O)=NC#N.CC(c1ccc(C(F)(F)F)nc1)S(C)(=O)=NC#N.CS(=O)(Cc1ccc(C(F)(F)F)nc1)=NC#N. The minimum Gasteiger partial charge on any atom is -0.251 e. The Bertz CT molecular complexity index is 2110. The fraction of sp³-hybridized carbons (Fsp3) is 0.471. The molecule has 3 rings (SSSR count). The van der Waals surface area contributed by atoms with Crippen molar-refractivity contribution in [3.8, 4) is 18.6 Å². The second-order valence-electron chi connectivity index (χ2n) is 10.7. The van der Waals surface area contributed by atoms with E-state index in [4.69, 9.17) is 15.8 Å². The number of halogens is 9. The first-order chi connectivity index (χ1) is 24.1. The highest BCUT2D eigenvalue weighted by Gasteiger charge is 2.34. The quantitative estimate of drug-likeness (QED) is 0.171. The first kappa shape index (κ1) is 62.3. The van der Waals surface area contributed by atoms with Gasteiger partial charge in [-0.2, -0.15) is 55.3 Å². The first-order valence-corrected chi connectivity index (χ1v) is 20.0. The summed E-state index contributed by atoms with van der Waals surface area (Å²) in [5.41, 5.74) is -2.02. The minimum atomic E-state index is -4.51. The zero-order chi connectivity index (χ0) is 41.1. The fourth-order valence-electron chi connectivity index (χ4n) is 3.56. The maximum Gasteiger partial charge on any atom is 0.433 e. The normalized spacial score (nSPS) is 14.5. The summed E-state index contributed by atoms with van der Waals surface area (Å²) < 4.78 is 156. The Hall–Kier alpha value is -4.86. The molecule has 0 aliphatic rings. The molecule has 328 valence electrons. The molecule has 5 unspecified atom stereocenters. The highest BCUT2D eigenvalue weighted by molar-refractivity contribution is 7.93. The van der Waals surface area contributed by atoms with E-state index in [-0.39, 0.29) is 42.9 Å². The summed E-state index contributed by atoms with van der Waals surface area (Å²) in [4.78, 5) is 9.76. The lowest BCUT2D eigenvalue weighted by Gasteiger charge is -2.13. The van der Waals surface area contributed by atoms with Crippen LogP contribution < -0.4 is 0 Å². The van der Waals surface area contributed by atoms with Gasteiger partial charge in [0.1, 0.15) is 17.1 Å². The summed E-state index contributed by atoms with van der Waals surface area (Å²) in [6.45, 7) is 3.04. The molecule has 3 aromatic rings. The Morgan fingerprint density at radius 2 is 0.845 bits per heavy atom. The van der Waals surface area contributed by atoms with E-state index in [1.54, 1.807) is 0 Å². The molecule has 0 aromatic carbocycles. The monoisotopic (exact) mass is 897 g/mol. The van der Waals surface area contributed by atoms with Gasteiger partial charge >= 0.3 is 18.5 Å². The van der Waals surface area contributed by atoms with E-state index in [9.17, 15) is 52.1 Å². The van der Waals surface area contributed by atoms with Crippen LogP contribution in [0.15, 0.2) is 68.1 Å². The Balaban J connectivity index is -0.000000232. The summed E-state index contributed by atoms with van der Waals surface area (Å²) in [5.74, 6) is -0.105. The predicted octanol–water partition coefficient (Wildman–Crippen LogP) is 10.8. The standard InChI is InChI=1S/2C10H10F3N3OS.C9H8F3N3OS.5CH4/c2*1-7(18(2,17)16-6-14)8-3-4-9(15-5-8)10(11,12)13;1-17(16,15-6-13)5-7-2-3-8(14-4-7)9(10,11)12;;;;;/h2*3-5,7H,1-2H3;2-4H,5H2,1H3;5*1H4. The summed E-state index contributed by atoms with van der Waals surface area (Å²) in [6.07, 6.45) is -2.41. The van der Waals surface area contributed by atoms with Crippen molar-refractivity contribution in [3.05, 3.63) is 88.8 Å². The van der Waals surface area contributed by atoms with Gasteiger partial charge in [-0.05, 0) is 48.7 Å². The topological polar surface area (TPSA) is 198 Å². The Kier molecular flexibility index (Phi) is 26.7. The summed E-state index contributed by atoms with van der Waals surface area (Å²) in [5, 5.41) is 23.7. The molecule has 0 aliphatic heterocycles. The lowest BCUT2D eigenvalue weighted by atomic mass is 10.2. The number of alkyl halides is 9. The number of aromatic nitrogens is 3. The largest absolute Gasteiger partial charge is 0.433 e. The molecule has 0 aliphatic carbocycles. The summed E-state index contributed by atoms with van der Waals surface area (Å²) in [6, 6.07) is 5.98. The minimum absolute atomic E-state index is 0. The van der Waals surface area contributed by atoms with Crippen molar-refractivity contribution in [1.82, 2.24) is 15.0 Å². The van der Waals surface area contributed by atoms with Crippen LogP contribution in [0.3, 0.4) is 0 Å². The Morgan fingerprint density at radius 3 is 1.07 bits per heavy atom. The van der Waals surface area contributed by atoms with E-state index in [0.717, 1.165) is 36.8 Å². The molecule has 0 spiro atoms. The zero-order valence-corrected chi connectivity index (χ0v) is 30.4. The van der Waals surface area contributed by atoms with Crippen LogP contribution >= 0.6 is 0 Å². The van der Waals surface area contributed by atoms with Crippen LogP contribution in [0.4, 0.5) is 39.5 Å². The van der Waals surface area contributed by atoms with Crippen LogP contribution in [-0.4, -0.2) is 46.3 Å². The van der Waals surface area contributed by atoms with Crippen LogP contribution in [0.2, 0.25) is 0 Å². The van der Waals surface area contributed by atoms with Crippen LogP contribution in [0.25, 0.3) is 0 Å². The van der Waals surface area contributed by atoms with Crippen molar-refractivity contribution >= 4 is 29.2 Å². The van der Waals surface area contributed by atoms with Gasteiger partial charge in [0.05, 0.1) is 45.4 Å². The van der Waals surface area contributed by atoms with Crippen molar-refractivity contribution in [2.75, 3.05) is 18.8 Å². The smallest absolute Gasteiger partial charge is 0.251 e. The van der Waals surface area contributed by atoms with Crippen molar-refractivity contribution < 1.29 is 52.1 Å². The second-order valence-corrected chi connectivity index (χ2v) is 18.3. The molecule has 0 amide bonds. The van der Waals surface area contributed by atoms with Gasteiger partial charge in [0.2, 0.25) is 18.6 Å². The molecule has 3 heterocycles. The molecule has 0 saturated carbocycles. The number of rotatable bonds is 6. The predicted molar refractivity (Wildman–Crippen MR) is 208 cm³/mol. The first-order valence-electron chi connectivity index (χ1n) is 14.0. The van der Waals surface area contributed by atoms with Crippen molar-refractivity contribution in [3.63, 3.8) is 0 Å². The molecular formula is C34H48F9N9O3S3. The number of pyridine rings is 3. The fourth-order valence-corrected chi connectivity index (χ4v) is 6.51. The van der Waals surface area contributed by atoms with Crippen LogP contribution in [0.5, 0.6) is 0 Å². The van der Waals surface area contributed by atoms with Gasteiger partial charge in [0, 0.05) is 37.4 Å². The number of nitrogens with zero attached hydrogens (tertiary/aromatic N) is 9. The Labute approximate surface area is 336 Å².